The summed E-state index contributed by atoms with van der Waals surface area (Å²) in [6.45, 7) is 4.59. The lowest BCUT2D eigenvalue weighted by Crippen LogP contribution is -2.31. The van der Waals surface area contributed by atoms with Crippen LogP contribution in [0.15, 0.2) is 52.1 Å². The van der Waals surface area contributed by atoms with E-state index >= 15 is 0 Å². The normalized spacial score (nSPS) is 10.8. The number of rotatable bonds is 8. The number of benzene rings is 1. The molecular weight excluding hydrogens is 410 g/mol. The van der Waals surface area contributed by atoms with E-state index in [1.54, 1.807) is 42.4 Å². The fourth-order valence-corrected chi connectivity index (χ4v) is 4.00. The number of halogens is 1. The molecule has 2 aromatic heterocycles. The fourth-order valence-electron chi connectivity index (χ4n) is 2.68. The summed E-state index contributed by atoms with van der Waals surface area (Å²) in [5.74, 6) is 2.00. The van der Waals surface area contributed by atoms with Crippen LogP contribution in [0.3, 0.4) is 0 Å². The molecule has 0 radical (unpaired) electrons. The first kappa shape index (κ1) is 21.2. The quantitative estimate of drug-likeness (QED) is 0.478. The first-order valence-electron chi connectivity index (χ1n) is 9.09. The van der Waals surface area contributed by atoms with Gasteiger partial charge in [0.2, 0.25) is 0 Å². The molecule has 0 aliphatic heterocycles. The minimum Gasteiger partial charge on any atom is -0.492 e. The van der Waals surface area contributed by atoms with E-state index in [1.165, 1.54) is 11.8 Å². The van der Waals surface area contributed by atoms with E-state index in [9.17, 15) is 4.79 Å². The van der Waals surface area contributed by atoms with Crippen LogP contribution in [-0.2, 0) is 5.75 Å². The third-order valence-corrected chi connectivity index (χ3v) is 5.64. The molecule has 0 aliphatic rings. The molecule has 0 atom stereocenters. The highest BCUT2D eigenvalue weighted by Crippen LogP contribution is 2.27. The molecule has 3 aromatic rings. The van der Waals surface area contributed by atoms with E-state index in [0.717, 1.165) is 17.0 Å². The number of thioether (sulfide) groups is 1. The number of hydrogen-bond donors (Lipinski definition) is 0. The second-order valence-electron chi connectivity index (χ2n) is 6.48. The van der Waals surface area contributed by atoms with Crippen LogP contribution in [0.25, 0.3) is 0 Å². The number of likely N-dealkylation sites (N-methyl/N-ethyl adjacent to an activating group) is 1. The predicted molar refractivity (Wildman–Crippen MR) is 114 cm³/mol. The van der Waals surface area contributed by atoms with Crippen LogP contribution in [0, 0.1) is 13.8 Å². The average molecular weight is 432 g/mol. The van der Waals surface area contributed by atoms with E-state index in [1.807, 2.05) is 26.0 Å². The molecule has 0 N–H and O–H groups in total. The lowest BCUT2D eigenvalue weighted by molar-refractivity contribution is 0.0769. The summed E-state index contributed by atoms with van der Waals surface area (Å²) < 4.78 is 10.9. The van der Waals surface area contributed by atoms with Crippen molar-refractivity contribution in [1.29, 1.82) is 0 Å². The van der Waals surface area contributed by atoms with Crippen molar-refractivity contribution in [3.05, 3.63) is 70.2 Å². The Morgan fingerprint density at radius 2 is 2.10 bits per heavy atom. The molecule has 2 heterocycles. The molecule has 0 unspecified atom stereocenters. The summed E-state index contributed by atoms with van der Waals surface area (Å²) >= 11 is 7.45. The van der Waals surface area contributed by atoms with Crippen LogP contribution < -0.4 is 4.74 Å². The van der Waals surface area contributed by atoms with Gasteiger partial charge >= 0.3 is 0 Å². The minimum absolute atomic E-state index is 0.103. The maximum Gasteiger partial charge on any atom is 0.256 e. The van der Waals surface area contributed by atoms with E-state index in [-0.39, 0.29) is 5.91 Å². The van der Waals surface area contributed by atoms with Gasteiger partial charge in [-0.15, -0.1) is 11.8 Å². The minimum atomic E-state index is -0.103. The number of pyridine rings is 1. The second-order valence-corrected chi connectivity index (χ2v) is 7.88. The fraction of sp³-hybridized carbons (Fsp3) is 0.286. The zero-order valence-corrected chi connectivity index (χ0v) is 18.1. The Kier molecular flexibility index (Phi) is 7.17. The number of nitrogens with zero attached hydrogens (tertiary/aromatic N) is 3. The van der Waals surface area contributed by atoms with Gasteiger partial charge in [-0.2, -0.15) is 0 Å². The summed E-state index contributed by atoms with van der Waals surface area (Å²) in [7, 11) is 1.75. The summed E-state index contributed by atoms with van der Waals surface area (Å²) in [6.07, 6.45) is 1.69. The lowest BCUT2D eigenvalue weighted by atomic mass is 10.2. The molecular formula is C21H22ClN3O3S. The van der Waals surface area contributed by atoms with Crippen molar-refractivity contribution < 1.29 is 14.1 Å². The van der Waals surface area contributed by atoms with Gasteiger partial charge in [0, 0.05) is 29.6 Å². The van der Waals surface area contributed by atoms with Crippen LogP contribution in [0.4, 0.5) is 0 Å². The molecule has 1 aromatic carbocycles. The van der Waals surface area contributed by atoms with Crippen LogP contribution >= 0.6 is 23.4 Å². The summed E-state index contributed by atoms with van der Waals surface area (Å²) in [6, 6.07) is 10.7. The number of aryl methyl sites for hydroxylation is 2. The van der Waals surface area contributed by atoms with Gasteiger partial charge in [-0.1, -0.05) is 22.8 Å². The molecule has 0 saturated heterocycles. The van der Waals surface area contributed by atoms with Crippen molar-refractivity contribution in [3.8, 4) is 5.75 Å². The van der Waals surface area contributed by atoms with Crippen LogP contribution in [0.2, 0.25) is 5.02 Å². The third kappa shape index (κ3) is 5.52. The van der Waals surface area contributed by atoms with Crippen LogP contribution in [0.5, 0.6) is 5.75 Å². The van der Waals surface area contributed by atoms with E-state index in [4.69, 9.17) is 20.9 Å². The van der Waals surface area contributed by atoms with Gasteiger partial charge in [0.25, 0.3) is 5.91 Å². The summed E-state index contributed by atoms with van der Waals surface area (Å²) in [5, 5.41) is 5.27. The topological polar surface area (TPSA) is 68.5 Å². The molecule has 0 bridgehead atoms. The Labute approximate surface area is 179 Å². The first-order valence-corrected chi connectivity index (χ1v) is 10.5. The largest absolute Gasteiger partial charge is 0.492 e. The molecule has 0 spiro atoms. The van der Waals surface area contributed by atoms with Gasteiger partial charge in [0.05, 0.1) is 17.8 Å². The molecule has 29 heavy (non-hydrogen) atoms. The Hall–Kier alpha value is -2.51. The first-order chi connectivity index (χ1) is 14.0. The third-order valence-electron chi connectivity index (χ3n) is 4.37. The number of ether oxygens (including phenoxy) is 1. The molecule has 8 heteroatoms. The molecule has 6 nitrogen and oxygen atoms in total. The molecule has 1 amide bonds. The number of hydrogen-bond acceptors (Lipinski definition) is 6. The van der Waals surface area contributed by atoms with Crippen molar-refractivity contribution in [2.24, 2.45) is 0 Å². The SMILES string of the molecule is Cc1noc(C)c1CSc1ncccc1C(=O)N(C)CCOc1cccc(Cl)c1. The van der Waals surface area contributed by atoms with Crippen molar-refractivity contribution in [2.45, 2.75) is 24.6 Å². The number of aromatic nitrogens is 2. The maximum atomic E-state index is 12.9. The number of amides is 1. The smallest absolute Gasteiger partial charge is 0.256 e. The highest BCUT2D eigenvalue weighted by atomic mass is 35.5. The van der Waals surface area contributed by atoms with Crippen molar-refractivity contribution in [2.75, 3.05) is 20.2 Å². The Morgan fingerprint density at radius 1 is 1.28 bits per heavy atom. The predicted octanol–water partition coefficient (Wildman–Crippen LogP) is 4.78. The summed E-state index contributed by atoms with van der Waals surface area (Å²) in [4.78, 5) is 18.9. The summed E-state index contributed by atoms with van der Waals surface area (Å²) in [5.41, 5.74) is 2.45. The van der Waals surface area contributed by atoms with Gasteiger partial charge in [-0.05, 0) is 44.2 Å². The van der Waals surface area contributed by atoms with Gasteiger partial charge in [0.15, 0.2) is 0 Å². The molecule has 0 fully saturated rings. The van der Waals surface area contributed by atoms with Crippen LogP contribution in [-0.4, -0.2) is 41.1 Å². The Morgan fingerprint density at radius 3 is 2.83 bits per heavy atom. The molecule has 0 aliphatic carbocycles. The van der Waals surface area contributed by atoms with Crippen LogP contribution in [0.1, 0.15) is 27.4 Å². The highest BCUT2D eigenvalue weighted by Gasteiger charge is 2.18. The number of carbonyl (C=O) groups is 1. The van der Waals surface area contributed by atoms with Crippen molar-refractivity contribution >= 4 is 29.3 Å². The zero-order valence-electron chi connectivity index (χ0n) is 16.5. The maximum absolute atomic E-state index is 12.9. The van der Waals surface area contributed by atoms with Gasteiger partial charge < -0.3 is 14.2 Å². The Bertz CT molecular complexity index is 973. The average Bonchev–Trinajstić information content (AvgIpc) is 3.03. The van der Waals surface area contributed by atoms with Gasteiger partial charge in [0.1, 0.15) is 23.1 Å². The van der Waals surface area contributed by atoms with E-state index in [2.05, 4.69) is 10.1 Å². The standard InChI is InChI=1S/C21H22ClN3O3S/c1-14-19(15(2)28-24-14)13-29-20-18(8-5-9-23-20)21(26)25(3)10-11-27-17-7-4-6-16(22)12-17/h4-9,12H,10-11,13H2,1-3H3. The van der Waals surface area contributed by atoms with E-state index < -0.39 is 0 Å². The molecule has 152 valence electrons. The zero-order chi connectivity index (χ0) is 20.8. The lowest BCUT2D eigenvalue weighted by Gasteiger charge is -2.19. The number of carbonyl (C=O) groups excluding carboxylic acids is 1. The van der Waals surface area contributed by atoms with Crippen molar-refractivity contribution in [3.63, 3.8) is 0 Å². The van der Waals surface area contributed by atoms with Gasteiger partial charge in [-0.3, -0.25) is 4.79 Å². The molecule has 0 saturated carbocycles. The van der Waals surface area contributed by atoms with Crippen molar-refractivity contribution in [1.82, 2.24) is 15.0 Å². The van der Waals surface area contributed by atoms with Gasteiger partial charge in [-0.25, -0.2) is 4.98 Å². The van der Waals surface area contributed by atoms with E-state index in [0.29, 0.717) is 40.3 Å². The monoisotopic (exact) mass is 431 g/mol. The molecule has 3 rings (SSSR count). The second kappa shape index (κ2) is 9.80. The highest BCUT2D eigenvalue weighted by molar-refractivity contribution is 7.98. The Balaban J connectivity index is 1.61.